The molecule has 1 N–H and O–H groups in total. The third-order valence-corrected chi connectivity index (χ3v) is 4.74. The fourth-order valence-electron chi connectivity index (χ4n) is 3.57. The number of nitrogens with one attached hydrogen (secondary N) is 1. The van der Waals surface area contributed by atoms with Gasteiger partial charge >= 0.3 is 6.09 Å². The molecule has 1 aliphatic heterocycles. The molecule has 0 bridgehead atoms. The van der Waals surface area contributed by atoms with Crippen molar-refractivity contribution in [3.8, 4) is 0 Å². The first-order valence-electron chi connectivity index (χ1n) is 9.11. The first kappa shape index (κ1) is 18.2. The number of alkyl carbamates (subject to hydrolysis) is 1. The van der Waals surface area contributed by atoms with Crippen LogP contribution >= 0.6 is 11.6 Å². The van der Waals surface area contributed by atoms with Crippen molar-refractivity contribution < 1.29 is 9.53 Å². The molecular weight excluding hydrogens is 340 g/mol. The van der Waals surface area contributed by atoms with Gasteiger partial charge in [-0.15, -0.1) is 0 Å². The molecule has 1 fully saturated rings. The molecule has 0 spiro atoms. The number of anilines is 1. The van der Waals surface area contributed by atoms with E-state index < -0.39 is 5.60 Å². The normalized spacial score (nSPS) is 20.8. The zero-order chi connectivity index (χ0) is 18.0. The van der Waals surface area contributed by atoms with E-state index in [1.807, 2.05) is 20.8 Å². The average Bonchev–Trinajstić information content (AvgIpc) is 2.52. The summed E-state index contributed by atoms with van der Waals surface area (Å²) in [6.07, 6.45) is 5.87. The van der Waals surface area contributed by atoms with Crippen LogP contribution in [0.4, 0.5) is 10.6 Å². The summed E-state index contributed by atoms with van der Waals surface area (Å²) in [7, 11) is 0. The Hall–Kier alpha value is -1.56. The minimum atomic E-state index is -0.488. The molecule has 2 heterocycles. The smallest absolute Gasteiger partial charge is 0.407 e. The number of aromatic nitrogens is 2. The van der Waals surface area contributed by atoms with Crippen LogP contribution in [-0.4, -0.2) is 40.8 Å². The van der Waals surface area contributed by atoms with Crippen molar-refractivity contribution >= 4 is 23.5 Å². The van der Waals surface area contributed by atoms with Gasteiger partial charge in [-0.05, 0) is 70.9 Å². The summed E-state index contributed by atoms with van der Waals surface area (Å²) in [6.45, 7) is 7.25. The number of ether oxygens (including phenoxy) is 1. The number of piperidine rings is 1. The third kappa shape index (κ3) is 4.75. The molecule has 1 unspecified atom stereocenters. The maximum Gasteiger partial charge on any atom is 0.407 e. The monoisotopic (exact) mass is 366 g/mol. The molecule has 1 aromatic rings. The predicted octanol–water partition coefficient (Wildman–Crippen LogP) is 3.50. The van der Waals surface area contributed by atoms with E-state index in [0.29, 0.717) is 5.28 Å². The van der Waals surface area contributed by atoms with Gasteiger partial charge in [-0.3, -0.25) is 0 Å². The number of aryl methyl sites for hydroxylation is 1. The number of hydrogen-bond acceptors (Lipinski definition) is 5. The topological polar surface area (TPSA) is 67.3 Å². The van der Waals surface area contributed by atoms with Crippen molar-refractivity contribution in [1.29, 1.82) is 0 Å². The van der Waals surface area contributed by atoms with Gasteiger partial charge in [0.25, 0.3) is 0 Å². The second kappa shape index (κ2) is 7.36. The molecule has 6 nitrogen and oxygen atoms in total. The summed E-state index contributed by atoms with van der Waals surface area (Å²) in [5, 5.41) is 3.31. The number of amides is 1. The predicted molar refractivity (Wildman–Crippen MR) is 98.3 cm³/mol. The zero-order valence-corrected chi connectivity index (χ0v) is 16.0. The first-order valence-corrected chi connectivity index (χ1v) is 9.49. The lowest BCUT2D eigenvalue weighted by Gasteiger charge is -2.36. The summed E-state index contributed by atoms with van der Waals surface area (Å²) in [5.74, 6) is 0.949. The van der Waals surface area contributed by atoms with Crippen LogP contribution in [0.2, 0.25) is 5.28 Å². The van der Waals surface area contributed by atoms with Crippen LogP contribution in [0.15, 0.2) is 0 Å². The van der Waals surface area contributed by atoms with Gasteiger partial charge < -0.3 is 15.0 Å². The van der Waals surface area contributed by atoms with Gasteiger partial charge in [0.15, 0.2) is 0 Å². The van der Waals surface area contributed by atoms with Crippen LogP contribution in [0, 0.1) is 0 Å². The Morgan fingerprint density at radius 2 is 2.00 bits per heavy atom. The van der Waals surface area contributed by atoms with E-state index in [-0.39, 0.29) is 12.1 Å². The van der Waals surface area contributed by atoms with E-state index in [4.69, 9.17) is 16.3 Å². The van der Waals surface area contributed by atoms with Gasteiger partial charge in [-0.2, -0.15) is 0 Å². The molecule has 2 aliphatic rings. The minimum Gasteiger partial charge on any atom is -0.444 e. The van der Waals surface area contributed by atoms with Crippen LogP contribution in [0.3, 0.4) is 0 Å². The van der Waals surface area contributed by atoms with E-state index in [2.05, 4.69) is 20.2 Å². The summed E-state index contributed by atoms with van der Waals surface area (Å²) in [4.78, 5) is 23.2. The van der Waals surface area contributed by atoms with Gasteiger partial charge in [0, 0.05) is 24.7 Å². The molecule has 3 rings (SSSR count). The van der Waals surface area contributed by atoms with E-state index in [1.54, 1.807) is 0 Å². The fourth-order valence-corrected chi connectivity index (χ4v) is 3.75. The quantitative estimate of drug-likeness (QED) is 0.811. The van der Waals surface area contributed by atoms with Crippen molar-refractivity contribution in [2.75, 3.05) is 18.0 Å². The maximum absolute atomic E-state index is 12.1. The van der Waals surface area contributed by atoms with Crippen LogP contribution in [0.5, 0.6) is 0 Å². The van der Waals surface area contributed by atoms with Crippen molar-refractivity contribution in [1.82, 2.24) is 15.3 Å². The SMILES string of the molecule is CC(C)(C)OC(=O)NC1CCCN(c2nc(Cl)nc3c2CCCC3)C1. The Morgan fingerprint density at radius 1 is 1.24 bits per heavy atom. The van der Waals surface area contributed by atoms with E-state index >= 15 is 0 Å². The lowest BCUT2D eigenvalue weighted by atomic mass is 9.95. The Kier molecular flexibility index (Phi) is 5.37. The van der Waals surface area contributed by atoms with E-state index in [0.717, 1.165) is 56.7 Å². The number of nitrogens with zero attached hydrogens (tertiary/aromatic N) is 3. The highest BCUT2D eigenvalue weighted by Crippen LogP contribution is 2.30. The van der Waals surface area contributed by atoms with Crippen LogP contribution < -0.4 is 10.2 Å². The molecule has 1 atom stereocenters. The Bertz CT molecular complexity index is 645. The zero-order valence-electron chi connectivity index (χ0n) is 15.3. The average molecular weight is 367 g/mol. The molecule has 7 heteroatoms. The number of halogens is 1. The van der Waals surface area contributed by atoms with Gasteiger partial charge in [0.1, 0.15) is 11.4 Å². The van der Waals surface area contributed by atoms with Gasteiger partial charge in [-0.25, -0.2) is 14.8 Å². The molecule has 0 aromatic carbocycles. The molecule has 1 amide bonds. The highest BCUT2D eigenvalue weighted by atomic mass is 35.5. The highest BCUT2D eigenvalue weighted by Gasteiger charge is 2.28. The van der Waals surface area contributed by atoms with Crippen LogP contribution in [0.25, 0.3) is 0 Å². The van der Waals surface area contributed by atoms with E-state index in [9.17, 15) is 4.79 Å². The molecular formula is C18H27ClN4O2. The lowest BCUT2D eigenvalue weighted by molar-refractivity contribution is 0.0500. The number of fused-ring (bicyclic) bond motifs is 1. The first-order chi connectivity index (χ1) is 11.8. The number of carbonyl (C=O) groups excluding carboxylic acids is 1. The Balaban J connectivity index is 1.72. The molecule has 1 aromatic heterocycles. The molecule has 0 radical (unpaired) electrons. The minimum absolute atomic E-state index is 0.0524. The summed E-state index contributed by atoms with van der Waals surface area (Å²) < 4.78 is 5.38. The fraction of sp³-hybridized carbons (Fsp3) is 0.722. The van der Waals surface area contributed by atoms with E-state index in [1.165, 1.54) is 12.0 Å². The van der Waals surface area contributed by atoms with Crippen LogP contribution in [-0.2, 0) is 17.6 Å². The van der Waals surface area contributed by atoms with Gasteiger partial charge in [-0.1, -0.05) is 0 Å². The maximum atomic E-state index is 12.1. The third-order valence-electron chi connectivity index (χ3n) is 4.58. The van der Waals surface area contributed by atoms with Gasteiger partial charge in [0.2, 0.25) is 5.28 Å². The second-order valence-electron chi connectivity index (χ2n) is 7.88. The molecule has 1 saturated heterocycles. The molecule has 25 heavy (non-hydrogen) atoms. The van der Waals surface area contributed by atoms with Crippen molar-refractivity contribution in [2.45, 2.75) is 70.9 Å². The Morgan fingerprint density at radius 3 is 2.76 bits per heavy atom. The standard InChI is InChI=1S/C18H27ClN4O2/c1-18(2,3)25-17(24)20-12-7-6-10-23(11-12)15-13-8-4-5-9-14(13)21-16(19)22-15/h12H,4-11H2,1-3H3,(H,20,24). The molecule has 0 saturated carbocycles. The summed E-state index contributed by atoms with van der Waals surface area (Å²) in [6, 6.07) is 0.0524. The summed E-state index contributed by atoms with van der Waals surface area (Å²) in [5.41, 5.74) is 1.83. The molecule has 138 valence electrons. The number of carbonyl (C=O) groups is 1. The van der Waals surface area contributed by atoms with Crippen molar-refractivity contribution in [2.24, 2.45) is 0 Å². The summed E-state index contributed by atoms with van der Waals surface area (Å²) >= 11 is 6.16. The van der Waals surface area contributed by atoms with Crippen LogP contribution in [0.1, 0.15) is 57.7 Å². The number of hydrogen-bond donors (Lipinski definition) is 1. The van der Waals surface area contributed by atoms with Gasteiger partial charge in [0.05, 0.1) is 5.69 Å². The van der Waals surface area contributed by atoms with Crippen molar-refractivity contribution in [3.05, 3.63) is 16.5 Å². The number of rotatable bonds is 2. The lowest BCUT2D eigenvalue weighted by Crippen LogP contribution is -2.49. The largest absolute Gasteiger partial charge is 0.444 e. The molecule has 1 aliphatic carbocycles. The van der Waals surface area contributed by atoms with Crippen molar-refractivity contribution in [3.63, 3.8) is 0 Å². The Labute approximate surface area is 154 Å². The highest BCUT2D eigenvalue weighted by molar-refractivity contribution is 6.28. The second-order valence-corrected chi connectivity index (χ2v) is 8.22.